The monoisotopic (exact) mass is 287 g/mol. The molecule has 0 aliphatic carbocycles. The first-order chi connectivity index (χ1) is 8.20. The summed E-state index contributed by atoms with van der Waals surface area (Å²) in [5, 5.41) is 12.2. The van der Waals surface area contributed by atoms with Gasteiger partial charge in [0, 0.05) is 16.4 Å². The molecule has 3 nitrogen and oxygen atoms in total. The number of benzene rings is 1. The number of rotatable bonds is 2. The largest absolute Gasteiger partial charge is 0.339 e. The molecule has 2 aromatic rings. The average Bonchev–Trinajstić information content (AvgIpc) is 2.34. The summed E-state index contributed by atoms with van der Waals surface area (Å²) < 4.78 is 0.986. The van der Waals surface area contributed by atoms with Gasteiger partial charge in [-0.05, 0) is 36.8 Å². The van der Waals surface area contributed by atoms with Gasteiger partial charge in [0.25, 0.3) is 0 Å². The SMILES string of the molecule is Cc1ccc(Br)cc1Nc1ncccc1C#N. The molecule has 17 heavy (non-hydrogen) atoms. The van der Waals surface area contributed by atoms with Gasteiger partial charge < -0.3 is 5.32 Å². The van der Waals surface area contributed by atoms with Crippen molar-refractivity contribution in [1.29, 1.82) is 5.26 Å². The van der Waals surface area contributed by atoms with Crippen LogP contribution in [-0.2, 0) is 0 Å². The first kappa shape index (κ1) is 11.6. The van der Waals surface area contributed by atoms with Gasteiger partial charge in [-0.2, -0.15) is 5.26 Å². The molecule has 0 spiro atoms. The lowest BCUT2D eigenvalue weighted by atomic mass is 10.2. The molecule has 0 unspecified atom stereocenters. The fourth-order valence-electron chi connectivity index (χ4n) is 1.45. The Morgan fingerprint density at radius 3 is 2.94 bits per heavy atom. The third-order valence-electron chi connectivity index (χ3n) is 2.38. The molecule has 0 amide bonds. The molecule has 1 aromatic carbocycles. The fraction of sp³-hybridized carbons (Fsp3) is 0.0769. The molecule has 84 valence electrons. The zero-order valence-corrected chi connectivity index (χ0v) is 10.8. The normalized spacial score (nSPS) is 9.71. The molecule has 1 aromatic heterocycles. The summed E-state index contributed by atoms with van der Waals surface area (Å²) in [5.41, 5.74) is 2.57. The van der Waals surface area contributed by atoms with Crippen molar-refractivity contribution in [3.8, 4) is 6.07 Å². The van der Waals surface area contributed by atoms with Crippen molar-refractivity contribution in [3.63, 3.8) is 0 Å². The number of aryl methyl sites for hydroxylation is 1. The summed E-state index contributed by atoms with van der Waals surface area (Å²) in [6.45, 7) is 2.00. The van der Waals surface area contributed by atoms with Crippen LogP contribution in [0.4, 0.5) is 11.5 Å². The fourth-order valence-corrected chi connectivity index (χ4v) is 1.81. The van der Waals surface area contributed by atoms with E-state index in [1.807, 2.05) is 25.1 Å². The number of nitrogens with one attached hydrogen (secondary N) is 1. The van der Waals surface area contributed by atoms with Crippen molar-refractivity contribution in [2.24, 2.45) is 0 Å². The van der Waals surface area contributed by atoms with Crippen LogP contribution < -0.4 is 5.32 Å². The molecule has 0 saturated heterocycles. The molecule has 0 fully saturated rings. The lowest BCUT2D eigenvalue weighted by molar-refractivity contribution is 1.27. The van der Waals surface area contributed by atoms with Gasteiger partial charge in [0.1, 0.15) is 11.9 Å². The first-order valence-corrected chi connectivity index (χ1v) is 5.88. The second-order valence-corrected chi connectivity index (χ2v) is 4.51. The van der Waals surface area contributed by atoms with Crippen molar-refractivity contribution in [2.45, 2.75) is 6.92 Å². The topological polar surface area (TPSA) is 48.7 Å². The molecule has 0 aliphatic heterocycles. The lowest BCUT2D eigenvalue weighted by Gasteiger charge is -2.10. The van der Waals surface area contributed by atoms with Crippen LogP contribution >= 0.6 is 15.9 Å². The molecule has 1 heterocycles. The van der Waals surface area contributed by atoms with Crippen LogP contribution in [0, 0.1) is 18.3 Å². The Morgan fingerprint density at radius 1 is 1.35 bits per heavy atom. The first-order valence-electron chi connectivity index (χ1n) is 5.09. The van der Waals surface area contributed by atoms with Crippen LogP contribution in [0.25, 0.3) is 0 Å². The minimum Gasteiger partial charge on any atom is -0.339 e. The molecule has 0 atom stereocenters. The summed E-state index contributed by atoms with van der Waals surface area (Å²) in [5.74, 6) is 0.580. The lowest BCUT2D eigenvalue weighted by Crippen LogP contribution is -1.98. The summed E-state index contributed by atoms with van der Waals surface area (Å²) in [6.07, 6.45) is 1.66. The molecule has 0 radical (unpaired) electrons. The Balaban J connectivity index is 2.38. The van der Waals surface area contributed by atoms with E-state index in [1.165, 1.54) is 0 Å². The summed E-state index contributed by atoms with van der Waals surface area (Å²) >= 11 is 3.42. The highest BCUT2D eigenvalue weighted by molar-refractivity contribution is 9.10. The second kappa shape index (κ2) is 4.98. The van der Waals surface area contributed by atoms with Crippen molar-refractivity contribution >= 4 is 27.4 Å². The van der Waals surface area contributed by atoms with E-state index in [4.69, 9.17) is 5.26 Å². The summed E-state index contributed by atoms with van der Waals surface area (Å²) in [4.78, 5) is 4.17. The van der Waals surface area contributed by atoms with E-state index in [0.717, 1.165) is 15.7 Å². The number of aromatic nitrogens is 1. The Labute approximate surface area is 108 Å². The number of nitrogens with zero attached hydrogens (tertiary/aromatic N) is 2. The van der Waals surface area contributed by atoms with Crippen molar-refractivity contribution in [2.75, 3.05) is 5.32 Å². The maximum atomic E-state index is 8.98. The predicted octanol–water partition coefficient (Wildman–Crippen LogP) is 3.77. The van der Waals surface area contributed by atoms with Gasteiger partial charge in [-0.3, -0.25) is 0 Å². The van der Waals surface area contributed by atoms with Gasteiger partial charge in [0.05, 0.1) is 5.56 Å². The number of halogens is 1. The molecule has 2 rings (SSSR count). The maximum Gasteiger partial charge on any atom is 0.148 e. The molecular formula is C13H10BrN3. The van der Waals surface area contributed by atoms with Crippen molar-refractivity contribution in [3.05, 3.63) is 52.1 Å². The Hall–Kier alpha value is -1.86. The van der Waals surface area contributed by atoms with Gasteiger partial charge in [0.15, 0.2) is 0 Å². The van der Waals surface area contributed by atoms with Crippen molar-refractivity contribution in [1.82, 2.24) is 4.98 Å². The number of hydrogen-bond donors (Lipinski definition) is 1. The summed E-state index contributed by atoms with van der Waals surface area (Å²) in [6, 6.07) is 11.5. The highest BCUT2D eigenvalue weighted by Gasteiger charge is 2.05. The Kier molecular flexibility index (Phi) is 3.40. The smallest absolute Gasteiger partial charge is 0.148 e. The van der Waals surface area contributed by atoms with Crippen LogP contribution in [0.15, 0.2) is 41.0 Å². The van der Waals surface area contributed by atoms with E-state index in [1.54, 1.807) is 18.3 Å². The van der Waals surface area contributed by atoms with E-state index in [-0.39, 0.29) is 0 Å². The van der Waals surface area contributed by atoms with E-state index in [9.17, 15) is 0 Å². The minimum atomic E-state index is 0.534. The van der Waals surface area contributed by atoms with Gasteiger partial charge >= 0.3 is 0 Å². The van der Waals surface area contributed by atoms with E-state index in [0.29, 0.717) is 11.4 Å². The standard InChI is InChI=1S/C13H10BrN3/c1-9-4-5-11(14)7-12(9)17-13-10(8-15)3-2-6-16-13/h2-7H,1H3,(H,16,17). The van der Waals surface area contributed by atoms with Gasteiger partial charge in [-0.1, -0.05) is 22.0 Å². The molecule has 0 saturated carbocycles. The van der Waals surface area contributed by atoms with Crippen LogP contribution in [0.1, 0.15) is 11.1 Å². The molecule has 0 bridgehead atoms. The van der Waals surface area contributed by atoms with Crippen LogP contribution in [-0.4, -0.2) is 4.98 Å². The predicted molar refractivity (Wildman–Crippen MR) is 71.1 cm³/mol. The van der Waals surface area contributed by atoms with Gasteiger partial charge in [0.2, 0.25) is 0 Å². The van der Waals surface area contributed by atoms with Gasteiger partial charge in [-0.25, -0.2) is 4.98 Å². The molecule has 1 N–H and O–H groups in total. The van der Waals surface area contributed by atoms with Crippen LogP contribution in [0.5, 0.6) is 0 Å². The zero-order chi connectivity index (χ0) is 12.3. The van der Waals surface area contributed by atoms with Crippen molar-refractivity contribution < 1.29 is 0 Å². The second-order valence-electron chi connectivity index (χ2n) is 3.60. The third-order valence-corrected chi connectivity index (χ3v) is 2.87. The number of pyridine rings is 1. The van der Waals surface area contributed by atoms with E-state index in [2.05, 4.69) is 32.3 Å². The Morgan fingerprint density at radius 2 is 2.18 bits per heavy atom. The molecular weight excluding hydrogens is 278 g/mol. The average molecular weight is 288 g/mol. The van der Waals surface area contributed by atoms with E-state index < -0.39 is 0 Å². The minimum absolute atomic E-state index is 0.534. The highest BCUT2D eigenvalue weighted by Crippen LogP contribution is 2.24. The maximum absolute atomic E-state index is 8.98. The van der Waals surface area contributed by atoms with E-state index >= 15 is 0 Å². The molecule has 4 heteroatoms. The van der Waals surface area contributed by atoms with Gasteiger partial charge in [-0.15, -0.1) is 0 Å². The number of hydrogen-bond acceptors (Lipinski definition) is 3. The third kappa shape index (κ3) is 2.63. The number of nitriles is 1. The Bertz CT molecular complexity index is 587. The van der Waals surface area contributed by atoms with Crippen LogP contribution in [0.2, 0.25) is 0 Å². The number of anilines is 2. The highest BCUT2D eigenvalue weighted by atomic mass is 79.9. The summed E-state index contributed by atoms with van der Waals surface area (Å²) in [7, 11) is 0. The quantitative estimate of drug-likeness (QED) is 0.915. The zero-order valence-electron chi connectivity index (χ0n) is 9.24. The molecule has 0 aliphatic rings. The van der Waals surface area contributed by atoms with Crippen LogP contribution in [0.3, 0.4) is 0 Å².